The van der Waals surface area contributed by atoms with E-state index in [2.05, 4.69) is 6.92 Å². The molecule has 0 aliphatic carbocycles. The minimum absolute atomic E-state index is 0.00862. The highest BCUT2D eigenvalue weighted by atomic mass is 32.1. The largest absolute Gasteiger partial charge is 0.507 e. The van der Waals surface area contributed by atoms with Gasteiger partial charge in [-0.15, -0.1) is 0 Å². The lowest BCUT2D eigenvalue weighted by Gasteiger charge is -2.23. The lowest BCUT2D eigenvalue weighted by atomic mass is 9.94. The van der Waals surface area contributed by atoms with Gasteiger partial charge < -0.3 is 19.3 Å². The van der Waals surface area contributed by atoms with E-state index >= 15 is 0 Å². The van der Waals surface area contributed by atoms with E-state index in [1.54, 1.807) is 12.1 Å². The van der Waals surface area contributed by atoms with Crippen LogP contribution in [0.1, 0.15) is 62.8 Å². The van der Waals surface area contributed by atoms with Crippen molar-refractivity contribution in [2.45, 2.75) is 58.6 Å². The van der Waals surface area contributed by atoms with Gasteiger partial charge in [0.2, 0.25) is 0 Å². The van der Waals surface area contributed by atoms with E-state index in [0.717, 1.165) is 35.3 Å². The summed E-state index contributed by atoms with van der Waals surface area (Å²) in [6.07, 6.45) is 3.80. The highest BCUT2D eigenvalue weighted by Gasteiger charge is 2.48. The van der Waals surface area contributed by atoms with Crippen molar-refractivity contribution in [1.82, 2.24) is 4.98 Å². The van der Waals surface area contributed by atoms with Crippen molar-refractivity contribution >= 4 is 44.1 Å². The van der Waals surface area contributed by atoms with Crippen LogP contribution in [0.5, 0.6) is 17.2 Å². The predicted octanol–water partition coefficient (Wildman–Crippen LogP) is 7.21. The second-order valence-corrected chi connectivity index (χ2v) is 11.8. The monoisotopic (exact) mass is 598 g/mol. The van der Waals surface area contributed by atoms with Crippen molar-refractivity contribution in [1.29, 1.82) is 0 Å². The lowest BCUT2D eigenvalue weighted by molar-refractivity contribution is -0.132. The topological polar surface area (TPSA) is 98.2 Å². The number of rotatable bonds is 10. The molecule has 0 saturated carbocycles. The number of carbonyl (C=O) groups excluding carboxylic acids is 2. The fourth-order valence-corrected chi connectivity index (χ4v) is 6.66. The number of unbranched alkanes of at least 4 members (excludes halogenated alkanes) is 2. The Morgan fingerprint density at radius 1 is 1.05 bits per heavy atom. The van der Waals surface area contributed by atoms with E-state index in [1.165, 1.54) is 16.2 Å². The van der Waals surface area contributed by atoms with Gasteiger partial charge in [0.05, 0.1) is 35.0 Å². The minimum atomic E-state index is -0.908. The first kappa shape index (κ1) is 28.7. The van der Waals surface area contributed by atoms with Gasteiger partial charge in [-0.25, -0.2) is 4.98 Å². The summed E-state index contributed by atoms with van der Waals surface area (Å²) < 4.78 is 18.3. The Balaban J connectivity index is 1.46. The Bertz CT molecular complexity index is 1730. The van der Waals surface area contributed by atoms with Gasteiger partial charge in [0, 0.05) is 12.0 Å². The fourth-order valence-electron chi connectivity index (χ4n) is 5.64. The molecule has 3 heterocycles. The summed E-state index contributed by atoms with van der Waals surface area (Å²) in [7, 11) is 0. The summed E-state index contributed by atoms with van der Waals surface area (Å²) in [5.74, 6) is 0.344. The number of thiazole rings is 1. The van der Waals surface area contributed by atoms with E-state index in [-0.39, 0.29) is 17.4 Å². The highest BCUT2D eigenvalue weighted by Crippen LogP contribution is 2.45. The van der Waals surface area contributed by atoms with Crippen molar-refractivity contribution in [3.63, 3.8) is 0 Å². The molecule has 2 atom stereocenters. The number of amides is 1. The first-order chi connectivity index (χ1) is 20.9. The molecule has 3 aromatic carbocycles. The van der Waals surface area contributed by atoms with Crippen molar-refractivity contribution in [3.05, 3.63) is 82.9 Å². The van der Waals surface area contributed by atoms with E-state index in [4.69, 9.17) is 19.2 Å². The molecular formula is C34H34N2O6S. The second kappa shape index (κ2) is 12.1. The van der Waals surface area contributed by atoms with Crippen molar-refractivity contribution < 1.29 is 28.9 Å². The summed E-state index contributed by atoms with van der Waals surface area (Å²) in [5, 5.41) is 12.0. The molecule has 1 saturated heterocycles. The van der Waals surface area contributed by atoms with Crippen LogP contribution in [0.3, 0.4) is 0 Å². The molecule has 1 N–H and O–H groups in total. The van der Waals surface area contributed by atoms with E-state index < -0.39 is 17.7 Å². The van der Waals surface area contributed by atoms with Crippen LogP contribution in [-0.2, 0) is 16.0 Å². The average molecular weight is 599 g/mol. The summed E-state index contributed by atoms with van der Waals surface area (Å²) in [6.45, 7) is 7.12. The molecule has 6 rings (SSSR count). The number of aliphatic hydroxyl groups is 1. The van der Waals surface area contributed by atoms with Gasteiger partial charge in [-0.05, 0) is 79.9 Å². The van der Waals surface area contributed by atoms with Crippen molar-refractivity contribution in [2.24, 2.45) is 0 Å². The van der Waals surface area contributed by atoms with Crippen LogP contribution in [0.2, 0.25) is 0 Å². The minimum Gasteiger partial charge on any atom is -0.507 e. The first-order valence-electron chi connectivity index (χ1n) is 14.7. The van der Waals surface area contributed by atoms with Gasteiger partial charge in [0.1, 0.15) is 29.1 Å². The van der Waals surface area contributed by atoms with Crippen LogP contribution in [0.25, 0.3) is 16.0 Å². The Kier molecular flexibility index (Phi) is 8.08. The zero-order valence-corrected chi connectivity index (χ0v) is 25.3. The van der Waals surface area contributed by atoms with Gasteiger partial charge in [0.25, 0.3) is 5.78 Å². The summed E-state index contributed by atoms with van der Waals surface area (Å²) >= 11 is 1.30. The molecule has 0 unspecified atom stereocenters. The molecule has 2 aliphatic rings. The quantitative estimate of drug-likeness (QED) is 0.0891. The Labute approximate surface area is 254 Å². The van der Waals surface area contributed by atoms with Crippen LogP contribution < -0.4 is 19.1 Å². The van der Waals surface area contributed by atoms with Gasteiger partial charge >= 0.3 is 5.91 Å². The maximum atomic E-state index is 13.8. The number of ether oxygens (including phenoxy) is 3. The molecule has 4 aromatic rings. The molecular weight excluding hydrogens is 564 g/mol. The number of hydrogen-bond donors (Lipinski definition) is 1. The van der Waals surface area contributed by atoms with Crippen LogP contribution in [0.15, 0.2) is 66.2 Å². The zero-order valence-electron chi connectivity index (χ0n) is 24.5. The summed E-state index contributed by atoms with van der Waals surface area (Å²) in [5.41, 5.74) is 2.73. The third-order valence-electron chi connectivity index (χ3n) is 7.67. The third kappa shape index (κ3) is 5.57. The molecule has 43 heavy (non-hydrogen) atoms. The number of fused-ring (bicyclic) bond motifs is 2. The number of carbonyl (C=O) groups is 2. The number of nitrogens with zero attached hydrogens (tertiary/aromatic N) is 2. The molecule has 0 spiro atoms. The lowest BCUT2D eigenvalue weighted by Crippen LogP contribution is -2.29. The molecule has 1 amide bonds. The average Bonchev–Trinajstić information content (AvgIpc) is 3.67. The van der Waals surface area contributed by atoms with Gasteiger partial charge in [-0.3, -0.25) is 14.5 Å². The number of ketones is 1. The maximum Gasteiger partial charge on any atom is 0.301 e. The Hall–Kier alpha value is -4.37. The standard InChI is InChI=1S/C34H34N2O6S/c1-4-6-7-15-41-24-10-8-9-21(18-24)30-29(31(37)22-11-14-27-23(17-22)16-20(3)42-27)32(38)33(39)36(30)34-35-26-13-12-25(40-5-2)19-28(26)43-34/h8-14,17-20,30,37H,4-7,15-16H2,1-3H3/b31-29+/t20-,30+/m0/s1. The maximum absolute atomic E-state index is 13.8. The fraction of sp³-hybridized carbons (Fsp3) is 0.324. The zero-order chi connectivity index (χ0) is 30.1. The Morgan fingerprint density at radius 3 is 2.70 bits per heavy atom. The molecule has 0 bridgehead atoms. The molecule has 222 valence electrons. The number of aromatic nitrogens is 1. The van der Waals surface area contributed by atoms with Crippen LogP contribution in [-0.4, -0.2) is 41.1 Å². The van der Waals surface area contributed by atoms with E-state index in [0.29, 0.717) is 52.9 Å². The molecule has 2 aliphatic heterocycles. The number of anilines is 1. The number of Topliss-reactive ketones (excluding diaryl/α,β-unsaturated/α-hetero) is 1. The SMILES string of the molecule is CCCCCOc1cccc([C@@H]2/C(=C(\O)c3ccc4c(c3)C[C@H](C)O4)C(=O)C(=O)N2c2nc3ccc(OCC)cc3s2)c1. The van der Waals surface area contributed by atoms with E-state index in [9.17, 15) is 14.7 Å². The van der Waals surface area contributed by atoms with Crippen LogP contribution >= 0.6 is 11.3 Å². The van der Waals surface area contributed by atoms with Gasteiger partial charge in [-0.2, -0.15) is 0 Å². The normalized spacial score (nSPS) is 19.1. The summed E-state index contributed by atoms with van der Waals surface area (Å²) in [4.78, 5) is 33.6. The molecule has 8 nitrogen and oxygen atoms in total. The number of benzene rings is 3. The molecule has 0 radical (unpaired) electrons. The van der Waals surface area contributed by atoms with Crippen LogP contribution in [0.4, 0.5) is 5.13 Å². The third-order valence-corrected chi connectivity index (χ3v) is 8.69. The predicted molar refractivity (Wildman–Crippen MR) is 167 cm³/mol. The van der Waals surface area contributed by atoms with Crippen molar-refractivity contribution in [2.75, 3.05) is 18.1 Å². The van der Waals surface area contributed by atoms with Crippen molar-refractivity contribution in [3.8, 4) is 17.2 Å². The molecule has 1 fully saturated rings. The van der Waals surface area contributed by atoms with Crippen LogP contribution in [0, 0.1) is 0 Å². The molecule has 9 heteroatoms. The first-order valence-corrected chi connectivity index (χ1v) is 15.6. The Morgan fingerprint density at radius 2 is 1.88 bits per heavy atom. The van der Waals surface area contributed by atoms with Gasteiger partial charge in [-0.1, -0.05) is 43.2 Å². The van der Waals surface area contributed by atoms with Gasteiger partial charge in [0.15, 0.2) is 5.13 Å². The molecule has 1 aromatic heterocycles. The second-order valence-electron chi connectivity index (χ2n) is 10.8. The smallest absolute Gasteiger partial charge is 0.301 e. The highest BCUT2D eigenvalue weighted by molar-refractivity contribution is 7.22. The number of aliphatic hydroxyl groups excluding tert-OH is 1. The number of hydrogen-bond acceptors (Lipinski definition) is 8. The van der Waals surface area contributed by atoms with E-state index in [1.807, 2.05) is 62.4 Å². The summed E-state index contributed by atoms with van der Waals surface area (Å²) in [6, 6.07) is 17.4.